The van der Waals surface area contributed by atoms with Gasteiger partial charge in [0.15, 0.2) is 23.3 Å². The van der Waals surface area contributed by atoms with Crippen molar-refractivity contribution in [2.45, 2.75) is 51.7 Å². The lowest BCUT2D eigenvalue weighted by Crippen LogP contribution is -2.45. The molecule has 1 saturated carbocycles. The maximum atomic E-state index is 13.4. The Morgan fingerprint density at radius 1 is 1.20 bits per heavy atom. The minimum Gasteiger partial charge on any atom is -0.490 e. The molecule has 0 bridgehead atoms. The molecule has 6 nitrogen and oxygen atoms in total. The van der Waals surface area contributed by atoms with Crippen molar-refractivity contribution >= 4 is 17.4 Å². The highest BCUT2D eigenvalue weighted by Gasteiger charge is 2.32. The third-order valence-corrected chi connectivity index (χ3v) is 5.88. The van der Waals surface area contributed by atoms with Gasteiger partial charge in [-0.1, -0.05) is 0 Å². The standard InChI is InChI=1S/C21H23F3N4O2/c1-10-19-20(28(3)11(2)21(29)27-19)26-17(25-10)7-12-4-5-13(6-12)30-14-8-15(22)18(24)16(23)9-14/h8-9,11-13H,4-7H2,1-3H3,(H,27,29)/t11-,12+,13-/m0/s1. The molecule has 1 amide bonds. The molecule has 2 aliphatic rings. The number of hydrogen-bond donors (Lipinski definition) is 1. The molecule has 4 rings (SSSR count). The van der Waals surface area contributed by atoms with E-state index in [0.717, 1.165) is 25.0 Å². The number of likely N-dealkylation sites (N-methyl/N-ethyl adjacent to an activating group) is 1. The number of carbonyl (C=O) groups excluding carboxylic acids is 1. The minimum atomic E-state index is -1.50. The summed E-state index contributed by atoms with van der Waals surface area (Å²) in [5.41, 5.74) is 1.35. The van der Waals surface area contributed by atoms with E-state index in [1.165, 1.54) is 0 Å². The summed E-state index contributed by atoms with van der Waals surface area (Å²) in [6, 6.07) is 1.42. The summed E-state index contributed by atoms with van der Waals surface area (Å²) in [5, 5.41) is 2.86. The number of aryl methyl sites for hydroxylation is 1. The van der Waals surface area contributed by atoms with Crippen LogP contribution in [0.2, 0.25) is 0 Å². The average molecular weight is 420 g/mol. The number of aromatic nitrogens is 2. The van der Waals surface area contributed by atoms with Gasteiger partial charge in [0.2, 0.25) is 5.91 Å². The van der Waals surface area contributed by atoms with E-state index in [9.17, 15) is 18.0 Å². The van der Waals surface area contributed by atoms with E-state index in [2.05, 4.69) is 15.3 Å². The van der Waals surface area contributed by atoms with Gasteiger partial charge in [0.05, 0.1) is 11.8 Å². The first kappa shape index (κ1) is 20.4. The third kappa shape index (κ3) is 3.80. The van der Waals surface area contributed by atoms with Gasteiger partial charge in [-0.05, 0) is 39.0 Å². The molecule has 0 spiro atoms. The van der Waals surface area contributed by atoms with E-state index < -0.39 is 17.5 Å². The predicted octanol–water partition coefficient (Wildman–Crippen LogP) is 3.77. The van der Waals surface area contributed by atoms with Gasteiger partial charge >= 0.3 is 0 Å². The lowest BCUT2D eigenvalue weighted by molar-refractivity contribution is -0.117. The molecule has 1 N–H and O–H groups in total. The summed E-state index contributed by atoms with van der Waals surface area (Å²) in [7, 11) is 1.83. The average Bonchev–Trinajstić information content (AvgIpc) is 3.12. The number of amides is 1. The number of benzene rings is 1. The van der Waals surface area contributed by atoms with Crippen molar-refractivity contribution in [1.29, 1.82) is 0 Å². The third-order valence-electron chi connectivity index (χ3n) is 5.88. The van der Waals surface area contributed by atoms with E-state index in [1.54, 1.807) is 0 Å². The van der Waals surface area contributed by atoms with Crippen molar-refractivity contribution in [3.8, 4) is 5.75 Å². The number of anilines is 2. The number of nitrogens with zero attached hydrogens (tertiary/aromatic N) is 3. The molecule has 1 fully saturated rings. The zero-order valence-corrected chi connectivity index (χ0v) is 17.0. The van der Waals surface area contributed by atoms with Crippen LogP contribution in [0.25, 0.3) is 0 Å². The Labute approximate surface area is 172 Å². The zero-order chi connectivity index (χ0) is 21.6. The molecule has 0 radical (unpaired) electrons. The van der Waals surface area contributed by atoms with Crippen LogP contribution in [0.4, 0.5) is 24.7 Å². The molecule has 2 heterocycles. The highest BCUT2D eigenvalue weighted by molar-refractivity contribution is 6.02. The van der Waals surface area contributed by atoms with Gasteiger partial charge in [-0.3, -0.25) is 4.79 Å². The van der Waals surface area contributed by atoms with E-state index in [1.807, 2.05) is 25.8 Å². The molecule has 1 aromatic carbocycles. The Morgan fingerprint density at radius 3 is 2.60 bits per heavy atom. The highest BCUT2D eigenvalue weighted by Crippen LogP contribution is 2.35. The number of nitrogens with one attached hydrogen (secondary N) is 1. The second kappa shape index (κ2) is 7.77. The molecular weight excluding hydrogens is 397 g/mol. The molecule has 1 aliphatic heterocycles. The zero-order valence-electron chi connectivity index (χ0n) is 17.0. The van der Waals surface area contributed by atoms with Gasteiger partial charge in [0, 0.05) is 25.6 Å². The summed E-state index contributed by atoms with van der Waals surface area (Å²) >= 11 is 0. The molecule has 160 valence electrons. The molecule has 3 atom stereocenters. The highest BCUT2D eigenvalue weighted by atomic mass is 19.2. The van der Waals surface area contributed by atoms with E-state index >= 15 is 0 Å². The Balaban J connectivity index is 1.44. The number of carbonyl (C=O) groups is 1. The van der Waals surface area contributed by atoms with Gasteiger partial charge in [-0.15, -0.1) is 0 Å². The molecule has 2 aromatic rings. The van der Waals surface area contributed by atoms with Crippen molar-refractivity contribution in [2.24, 2.45) is 5.92 Å². The number of hydrogen-bond acceptors (Lipinski definition) is 5. The fraction of sp³-hybridized carbons (Fsp3) is 0.476. The molecule has 0 saturated heterocycles. The van der Waals surface area contributed by atoms with Crippen LogP contribution < -0.4 is 15.0 Å². The van der Waals surface area contributed by atoms with Crippen molar-refractivity contribution < 1.29 is 22.7 Å². The van der Waals surface area contributed by atoms with E-state index in [-0.39, 0.29) is 29.7 Å². The monoisotopic (exact) mass is 420 g/mol. The van der Waals surface area contributed by atoms with Crippen LogP contribution in [-0.4, -0.2) is 35.1 Å². The lowest BCUT2D eigenvalue weighted by atomic mass is 10.0. The molecule has 0 unspecified atom stereocenters. The second-order valence-electron chi connectivity index (χ2n) is 8.02. The van der Waals surface area contributed by atoms with Gasteiger partial charge in [0.1, 0.15) is 23.3 Å². The fourth-order valence-corrected chi connectivity index (χ4v) is 4.07. The number of rotatable bonds is 4. The van der Waals surface area contributed by atoms with Crippen LogP contribution >= 0.6 is 0 Å². The lowest BCUT2D eigenvalue weighted by Gasteiger charge is -2.32. The molecule has 1 aliphatic carbocycles. The van der Waals surface area contributed by atoms with Crippen LogP contribution in [-0.2, 0) is 11.2 Å². The Bertz CT molecular complexity index is 977. The summed E-state index contributed by atoms with van der Waals surface area (Å²) in [4.78, 5) is 23.1. The van der Waals surface area contributed by atoms with E-state index in [0.29, 0.717) is 35.9 Å². The van der Waals surface area contributed by atoms with Crippen molar-refractivity contribution in [1.82, 2.24) is 9.97 Å². The van der Waals surface area contributed by atoms with Gasteiger partial charge in [0.25, 0.3) is 0 Å². The predicted molar refractivity (Wildman–Crippen MR) is 105 cm³/mol. The number of fused-ring (bicyclic) bond motifs is 1. The maximum absolute atomic E-state index is 13.4. The molecule has 9 heteroatoms. The van der Waals surface area contributed by atoms with Crippen LogP contribution in [0.1, 0.15) is 37.7 Å². The number of halogens is 3. The Morgan fingerprint density at radius 2 is 1.90 bits per heavy atom. The Hall–Kier alpha value is -2.84. The van der Waals surface area contributed by atoms with Gasteiger partial charge in [-0.25, -0.2) is 23.1 Å². The van der Waals surface area contributed by atoms with Crippen LogP contribution in [0.5, 0.6) is 5.75 Å². The summed E-state index contributed by atoms with van der Waals surface area (Å²) < 4.78 is 45.6. The maximum Gasteiger partial charge on any atom is 0.246 e. The summed E-state index contributed by atoms with van der Waals surface area (Å²) in [6.45, 7) is 3.65. The smallest absolute Gasteiger partial charge is 0.246 e. The van der Waals surface area contributed by atoms with Gasteiger partial charge < -0.3 is 15.0 Å². The first-order valence-corrected chi connectivity index (χ1v) is 9.95. The van der Waals surface area contributed by atoms with Crippen molar-refractivity contribution in [2.75, 3.05) is 17.3 Å². The summed E-state index contributed by atoms with van der Waals surface area (Å²) in [5.74, 6) is -2.48. The topological polar surface area (TPSA) is 67.4 Å². The SMILES string of the molecule is Cc1nc(C[C@@H]2CC[C@H](Oc3cc(F)c(F)c(F)c3)C2)nc2c1NC(=O)[C@H](C)N2C. The second-order valence-corrected chi connectivity index (χ2v) is 8.02. The van der Waals surface area contributed by atoms with Gasteiger partial charge in [-0.2, -0.15) is 0 Å². The van der Waals surface area contributed by atoms with Crippen LogP contribution in [0.15, 0.2) is 12.1 Å². The fourth-order valence-electron chi connectivity index (χ4n) is 4.07. The van der Waals surface area contributed by atoms with Crippen LogP contribution in [0, 0.1) is 30.3 Å². The molecular formula is C21H23F3N4O2. The molecule has 30 heavy (non-hydrogen) atoms. The van der Waals surface area contributed by atoms with E-state index in [4.69, 9.17) is 4.74 Å². The molecule has 1 aromatic heterocycles. The van der Waals surface area contributed by atoms with Crippen molar-refractivity contribution in [3.63, 3.8) is 0 Å². The summed E-state index contributed by atoms with van der Waals surface area (Å²) in [6.07, 6.45) is 2.70. The van der Waals surface area contributed by atoms with Crippen LogP contribution in [0.3, 0.4) is 0 Å². The normalized spacial score (nSPS) is 23.3. The van der Waals surface area contributed by atoms with Crippen molar-refractivity contribution in [3.05, 3.63) is 41.1 Å². The first-order valence-electron chi connectivity index (χ1n) is 9.95. The largest absolute Gasteiger partial charge is 0.490 e. The number of ether oxygens (including phenoxy) is 1. The first-order chi connectivity index (χ1) is 14.2. The quantitative estimate of drug-likeness (QED) is 0.763. The minimum absolute atomic E-state index is 0.00993. The Kier molecular flexibility index (Phi) is 5.29.